The number of nitrogens with zero attached hydrogens (tertiary/aromatic N) is 2. The number of nitrogens with one attached hydrogen (secondary N) is 1. The molecule has 0 bridgehead atoms. The number of ether oxygens (including phenoxy) is 1. The largest absolute Gasteiger partial charge is 0.384 e. The van der Waals surface area contributed by atoms with E-state index in [1.165, 1.54) is 44.9 Å². The lowest BCUT2D eigenvalue weighted by atomic mass is 9.85. The minimum Gasteiger partial charge on any atom is -0.384 e. The van der Waals surface area contributed by atoms with Gasteiger partial charge in [0, 0.05) is 38.7 Å². The Balaban J connectivity index is 0.00000192. The van der Waals surface area contributed by atoms with E-state index in [-0.39, 0.29) is 24.0 Å². The van der Waals surface area contributed by atoms with E-state index in [1.807, 2.05) is 0 Å². The Morgan fingerprint density at radius 1 is 1.22 bits per heavy atom. The topological polar surface area (TPSA) is 36.9 Å². The van der Waals surface area contributed by atoms with Crippen LogP contribution in [0.4, 0.5) is 0 Å². The lowest BCUT2D eigenvalue weighted by Gasteiger charge is -2.24. The van der Waals surface area contributed by atoms with Crippen molar-refractivity contribution in [2.75, 3.05) is 33.4 Å². The molecule has 0 aromatic heterocycles. The van der Waals surface area contributed by atoms with Gasteiger partial charge in [0.05, 0.1) is 6.61 Å². The Kier molecular flexibility index (Phi) is 7.92. The van der Waals surface area contributed by atoms with Crippen LogP contribution in [0.3, 0.4) is 0 Å². The molecule has 1 saturated heterocycles. The first kappa shape index (κ1) is 19.3. The molecule has 23 heavy (non-hydrogen) atoms. The summed E-state index contributed by atoms with van der Waals surface area (Å²) >= 11 is 0. The molecule has 1 N–H and O–H groups in total. The summed E-state index contributed by atoms with van der Waals surface area (Å²) in [5.41, 5.74) is 0. The zero-order valence-electron chi connectivity index (χ0n) is 14.8. The van der Waals surface area contributed by atoms with Gasteiger partial charge in [-0.1, -0.05) is 32.1 Å². The van der Waals surface area contributed by atoms with Crippen molar-refractivity contribution in [1.29, 1.82) is 0 Å². The van der Waals surface area contributed by atoms with Gasteiger partial charge in [0.15, 0.2) is 5.96 Å². The van der Waals surface area contributed by atoms with Crippen molar-refractivity contribution in [3.63, 3.8) is 0 Å². The monoisotopic (exact) mass is 435 g/mol. The standard InChI is InChI=1S/C18H33N3O.HI/c1-3-19-18(21-10-9-14(12-21)13-22-2)20-17-11-16(17)15-7-5-4-6-8-15;/h14-17H,3-13H2,1-2H3,(H,19,20);1H. The molecule has 3 rings (SSSR count). The number of aliphatic imine (C=N–C) groups is 1. The van der Waals surface area contributed by atoms with Crippen molar-refractivity contribution in [2.24, 2.45) is 22.7 Å². The lowest BCUT2D eigenvalue weighted by Crippen LogP contribution is -2.42. The van der Waals surface area contributed by atoms with E-state index in [0.29, 0.717) is 12.0 Å². The fourth-order valence-electron chi connectivity index (χ4n) is 4.41. The third-order valence-electron chi connectivity index (χ3n) is 5.71. The number of likely N-dealkylation sites (tertiary alicyclic amines) is 1. The molecule has 0 aromatic rings. The second kappa shape index (κ2) is 9.44. The molecule has 1 heterocycles. The van der Waals surface area contributed by atoms with Crippen molar-refractivity contribution in [3.8, 4) is 0 Å². The van der Waals surface area contributed by atoms with Crippen molar-refractivity contribution < 1.29 is 4.74 Å². The van der Waals surface area contributed by atoms with Gasteiger partial charge in [-0.3, -0.25) is 4.99 Å². The van der Waals surface area contributed by atoms with Crippen molar-refractivity contribution in [1.82, 2.24) is 10.2 Å². The highest BCUT2D eigenvalue weighted by Gasteiger charge is 2.44. The van der Waals surface area contributed by atoms with Gasteiger partial charge in [0.2, 0.25) is 0 Å². The second-order valence-corrected chi connectivity index (χ2v) is 7.40. The Bertz CT molecular complexity index is 384. The molecule has 3 fully saturated rings. The fourth-order valence-corrected chi connectivity index (χ4v) is 4.41. The molecule has 5 heteroatoms. The van der Waals surface area contributed by atoms with Gasteiger partial charge >= 0.3 is 0 Å². The second-order valence-electron chi connectivity index (χ2n) is 7.40. The SMILES string of the molecule is CCN=C(NC1CC1C1CCCCC1)N1CCC(COC)C1.I. The van der Waals surface area contributed by atoms with Gasteiger partial charge in [0.1, 0.15) is 0 Å². The molecular weight excluding hydrogens is 401 g/mol. The zero-order valence-corrected chi connectivity index (χ0v) is 17.1. The van der Waals surface area contributed by atoms with E-state index in [0.717, 1.165) is 44.0 Å². The molecule has 3 atom stereocenters. The molecule has 0 amide bonds. The van der Waals surface area contributed by atoms with E-state index < -0.39 is 0 Å². The molecule has 3 unspecified atom stereocenters. The smallest absolute Gasteiger partial charge is 0.194 e. The van der Waals surface area contributed by atoms with Crippen LogP contribution in [0.5, 0.6) is 0 Å². The Morgan fingerprint density at radius 3 is 2.70 bits per heavy atom. The molecule has 134 valence electrons. The summed E-state index contributed by atoms with van der Waals surface area (Å²) in [6.07, 6.45) is 9.88. The number of hydrogen-bond donors (Lipinski definition) is 1. The highest BCUT2D eigenvalue weighted by atomic mass is 127. The first-order valence-corrected chi connectivity index (χ1v) is 9.36. The van der Waals surface area contributed by atoms with Crippen LogP contribution in [-0.2, 0) is 4.74 Å². The maximum absolute atomic E-state index is 5.32. The van der Waals surface area contributed by atoms with Crippen LogP contribution in [0.2, 0.25) is 0 Å². The summed E-state index contributed by atoms with van der Waals surface area (Å²) in [4.78, 5) is 7.20. The van der Waals surface area contributed by atoms with E-state index >= 15 is 0 Å². The van der Waals surface area contributed by atoms with Gasteiger partial charge in [-0.15, -0.1) is 24.0 Å². The number of guanidine groups is 1. The third-order valence-corrected chi connectivity index (χ3v) is 5.71. The van der Waals surface area contributed by atoms with Gasteiger partial charge in [-0.25, -0.2) is 0 Å². The maximum atomic E-state index is 5.32. The molecule has 2 aliphatic carbocycles. The van der Waals surface area contributed by atoms with Crippen molar-refractivity contribution >= 4 is 29.9 Å². The van der Waals surface area contributed by atoms with E-state index in [2.05, 4.69) is 17.1 Å². The van der Waals surface area contributed by atoms with E-state index in [4.69, 9.17) is 9.73 Å². The van der Waals surface area contributed by atoms with Crippen molar-refractivity contribution in [2.45, 2.75) is 57.9 Å². The molecule has 0 radical (unpaired) electrons. The summed E-state index contributed by atoms with van der Waals surface area (Å²) in [6.45, 7) is 6.11. The number of rotatable bonds is 5. The van der Waals surface area contributed by atoms with Crippen molar-refractivity contribution in [3.05, 3.63) is 0 Å². The highest BCUT2D eigenvalue weighted by Crippen LogP contribution is 2.44. The normalized spacial score (nSPS) is 31.8. The first-order chi connectivity index (χ1) is 10.8. The summed E-state index contributed by atoms with van der Waals surface area (Å²) < 4.78 is 5.32. The Labute approximate surface area is 158 Å². The predicted molar refractivity (Wildman–Crippen MR) is 107 cm³/mol. The summed E-state index contributed by atoms with van der Waals surface area (Å²) in [5, 5.41) is 3.78. The third kappa shape index (κ3) is 5.21. The fraction of sp³-hybridized carbons (Fsp3) is 0.944. The molecule has 0 aromatic carbocycles. The van der Waals surface area contributed by atoms with Crippen LogP contribution < -0.4 is 5.32 Å². The zero-order chi connectivity index (χ0) is 15.4. The summed E-state index contributed by atoms with van der Waals surface area (Å²) in [7, 11) is 1.81. The maximum Gasteiger partial charge on any atom is 0.194 e. The van der Waals surface area contributed by atoms with E-state index in [1.54, 1.807) is 7.11 Å². The molecule has 2 saturated carbocycles. The molecule has 1 aliphatic heterocycles. The summed E-state index contributed by atoms with van der Waals surface area (Å²) in [6, 6.07) is 0.690. The molecule has 0 spiro atoms. The quantitative estimate of drug-likeness (QED) is 0.408. The predicted octanol–water partition coefficient (Wildman–Crippen LogP) is 3.51. The van der Waals surface area contributed by atoms with E-state index in [9.17, 15) is 0 Å². The van der Waals surface area contributed by atoms with Gasteiger partial charge in [-0.05, 0) is 31.6 Å². The van der Waals surface area contributed by atoms with Crippen LogP contribution in [0.25, 0.3) is 0 Å². The van der Waals surface area contributed by atoms with Crippen LogP contribution in [0.1, 0.15) is 51.9 Å². The van der Waals surface area contributed by atoms with Crippen LogP contribution in [0, 0.1) is 17.8 Å². The first-order valence-electron chi connectivity index (χ1n) is 9.36. The highest BCUT2D eigenvalue weighted by molar-refractivity contribution is 14.0. The number of hydrogen-bond acceptors (Lipinski definition) is 2. The Hall–Kier alpha value is -0.0400. The number of methoxy groups -OCH3 is 1. The molecule has 3 aliphatic rings. The summed E-state index contributed by atoms with van der Waals surface area (Å²) in [5.74, 6) is 3.72. The molecular formula is C18H34IN3O. The van der Waals surface area contributed by atoms with Gasteiger partial charge in [0.25, 0.3) is 0 Å². The average Bonchev–Trinajstić information content (AvgIpc) is 3.16. The van der Waals surface area contributed by atoms with Gasteiger partial charge in [-0.2, -0.15) is 0 Å². The minimum absolute atomic E-state index is 0. The number of halogens is 1. The lowest BCUT2D eigenvalue weighted by molar-refractivity contribution is 0.157. The minimum atomic E-state index is 0. The molecule has 4 nitrogen and oxygen atoms in total. The van der Waals surface area contributed by atoms with Crippen LogP contribution in [-0.4, -0.2) is 50.3 Å². The van der Waals surface area contributed by atoms with Crippen LogP contribution >= 0.6 is 24.0 Å². The van der Waals surface area contributed by atoms with Gasteiger partial charge < -0.3 is 15.0 Å². The van der Waals surface area contributed by atoms with Crippen LogP contribution in [0.15, 0.2) is 4.99 Å². The Morgan fingerprint density at radius 2 is 2.00 bits per heavy atom. The average molecular weight is 435 g/mol.